The Bertz CT molecular complexity index is 1160. The van der Waals surface area contributed by atoms with Crippen LogP contribution >= 0.6 is 22.7 Å². The van der Waals surface area contributed by atoms with Crippen LogP contribution in [0.2, 0.25) is 0 Å². The molecule has 31 heavy (non-hydrogen) atoms. The van der Waals surface area contributed by atoms with Crippen molar-refractivity contribution in [2.24, 2.45) is 0 Å². The topological polar surface area (TPSA) is 91.4 Å². The summed E-state index contributed by atoms with van der Waals surface area (Å²) in [7, 11) is 0. The third-order valence-corrected chi connectivity index (χ3v) is 7.19. The van der Waals surface area contributed by atoms with Gasteiger partial charge in [0.2, 0.25) is 11.8 Å². The van der Waals surface area contributed by atoms with Crippen molar-refractivity contribution in [2.45, 2.75) is 31.7 Å². The standard InChI is InChI=1S/C22H20N4O3S2/c27-19-8-6-13-11-14(5-7-15(13)23-19)16-12-31-22(24-16)25-20(28)17-3-1-9-26(17)21(29)18-4-2-10-30-18/h2,4-5,7,10-12,17H,1,3,6,8-9H2,(H,23,27)(H,24,25,28)/t17-/m1/s1. The average Bonchev–Trinajstić information content (AvgIpc) is 3.54. The molecule has 0 bridgehead atoms. The summed E-state index contributed by atoms with van der Waals surface area (Å²) in [5.41, 5.74) is 3.66. The normalized spacial score (nSPS) is 17.9. The molecule has 2 N–H and O–H groups in total. The zero-order chi connectivity index (χ0) is 21.4. The van der Waals surface area contributed by atoms with Crippen LogP contribution in [0.5, 0.6) is 0 Å². The fraction of sp³-hybridized carbons (Fsp3) is 0.273. The van der Waals surface area contributed by atoms with Crippen molar-refractivity contribution in [1.82, 2.24) is 9.88 Å². The van der Waals surface area contributed by atoms with Gasteiger partial charge in [0.25, 0.3) is 5.91 Å². The van der Waals surface area contributed by atoms with Crippen LogP contribution in [0.4, 0.5) is 10.8 Å². The van der Waals surface area contributed by atoms with Gasteiger partial charge in [0.1, 0.15) is 6.04 Å². The van der Waals surface area contributed by atoms with Gasteiger partial charge < -0.3 is 15.5 Å². The Morgan fingerprint density at radius 3 is 2.94 bits per heavy atom. The fourth-order valence-electron chi connectivity index (χ4n) is 4.02. The molecule has 1 fully saturated rings. The highest BCUT2D eigenvalue weighted by Crippen LogP contribution is 2.31. The number of hydrogen-bond acceptors (Lipinski definition) is 6. The molecule has 1 atom stereocenters. The number of thiophene rings is 1. The number of nitrogens with one attached hydrogen (secondary N) is 2. The van der Waals surface area contributed by atoms with Crippen LogP contribution in [0.1, 0.15) is 34.5 Å². The van der Waals surface area contributed by atoms with Crippen LogP contribution in [0, 0.1) is 0 Å². The smallest absolute Gasteiger partial charge is 0.264 e. The third-order valence-electron chi connectivity index (χ3n) is 5.58. The highest BCUT2D eigenvalue weighted by Gasteiger charge is 2.35. The number of aryl methyl sites for hydroxylation is 1. The first-order chi connectivity index (χ1) is 15.1. The van der Waals surface area contributed by atoms with E-state index in [9.17, 15) is 14.4 Å². The fourth-order valence-corrected chi connectivity index (χ4v) is 5.42. The van der Waals surface area contributed by atoms with E-state index in [1.165, 1.54) is 22.7 Å². The molecule has 3 amide bonds. The average molecular weight is 453 g/mol. The molecular formula is C22H20N4O3S2. The van der Waals surface area contributed by atoms with Crippen molar-refractivity contribution in [1.29, 1.82) is 0 Å². The highest BCUT2D eigenvalue weighted by molar-refractivity contribution is 7.14. The van der Waals surface area contributed by atoms with Crippen molar-refractivity contribution in [3.63, 3.8) is 0 Å². The van der Waals surface area contributed by atoms with Crippen molar-refractivity contribution in [3.05, 3.63) is 51.5 Å². The molecule has 9 heteroatoms. The second-order valence-corrected chi connectivity index (χ2v) is 9.39. The molecule has 0 unspecified atom stereocenters. The second-order valence-electron chi connectivity index (χ2n) is 7.58. The number of nitrogens with zero attached hydrogens (tertiary/aromatic N) is 2. The monoisotopic (exact) mass is 452 g/mol. The molecule has 0 spiro atoms. The van der Waals surface area contributed by atoms with E-state index in [0.717, 1.165) is 28.9 Å². The summed E-state index contributed by atoms with van der Waals surface area (Å²) in [6.07, 6.45) is 2.65. The zero-order valence-corrected chi connectivity index (χ0v) is 18.2. The largest absolute Gasteiger partial charge is 0.326 e. The molecular weight excluding hydrogens is 432 g/mol. The van der Waals surface area contributed by atoms with E-state index in [-0.39, 0.29) is 17.7 Å². The number of benzene rings is 1. The molecule has 2 aliphatic rings. The first-order valence-electron chi connectivity index (χ1n) is 10.1. The molecule has 0 radical (unpaired) electrons. The second kappa shape index (κ2) is 8.24. The maximum absolute atomic E-state index is 12.9. The van der Waals surface area contributed by atoms with Gasteiger partial charge >= 0.3 is 0 Å². The molecule has 7 nitrogen and oxygen atoms in total. The lowest BCUT2D eigenvalue weighted by molar-refractivity contribution is -0.119. The summed E-state index contributed by atoms with van der Waals surface area (Å²) in [6, 6.07) is 9.00. The quantitative estimate of drug-likeness (QED) is 0.626. The lowest BCUT2D eigenvalue weighted by atomic mass is 9.99. The van der Waals surface area contributed by atoms with Crippen molar-refractivity contribution in [2.75, 3.05) is 17.2 Å². The highest BCUT2D eigenvalue weighted by atomic mass is 32.1. The Morgan fingerprint density at radius 2 is 2.10 bits per heavy atom. The minimum atomic E-state index is -0.477. The van der Waals surface area contributed by atoms with E-state index in [1.54, 1.807) is 11.0 Å². The van der Waals surface area contributed by atoms with Crippen molar-refractivity contribution >= 4 is 51.2 Å². The van der Waals surface area contributed by atoms with Gasteiger partial charge in [-0.25, -0.2) is 4.98 Å². The number of likely N-dealkylation sites (tertiary alicyclic amines) is 1. The van der Waals surface area contributed by atoms with E-state index in [0.29, 0.717) is 35.8 Å². The number of amides is 3. The predicted octanol–water partition coefficient (Wildman–Crippen LogP) is 4.00. The number of carbonyl (C=O) groups is 3. The maximum atomic E-state index is 12.9. The van der Waals surface area contributed by atoms with Crippen LogP contribution in [-0.4, -0.2) is 40.2 Å². The van der Waals surface area contributed by atoms with Crippen LogP contribution in [0.25, 0.3) is 11.3 Å². The minimum absolute atomic E-state index is 0.0393. The van der Waals surface area contributed by atoms with Crippen molar-refractivity contribution in [3.8, 4) is 11.3 Å². The van der Waals surface area contributed by atoms with E-state index in [1.807, 2.05) is 35.0 Å². The third kappa shape index (κ3) is 3.98. The van der Waals surface area contributed by atoms with Crippen molar-refractivity contribution < 1.29 is 14.4 Å². The molecule has 2 aromatic heterocycles. The molecule has 158 valence electrons. The van der Waals surface area contributed by atoms with E-state index in [2.05, 4.69) is 15.6 Å². The lowest BCUT2D eigenvalue weighted by Gasteiger charge is -2.22. The van der Waals surface area contributed by atoms with Gasteiger partial charge in [0.15, 0.2) is 5.13 Å². The Balaban J connectivity index is 1.29. The first kappa shape index (κ1) is 19.9. The molecule has 5 rings (SSSR count). The van der Waals surface area contributed by atoms with Gasteiger partial charge in [-0.15, -0.1) is 22.7 Å². The Morgan fingerprint density at radius 1 is 1.19 bits per heavy atom. The first-order valence-corrected chi connectivity index (χ1v) is 11.9. The number of carbonyl (C=O) groups excluding carboxylic acids is 3. The van der Waals surface area contributed by atoms with Gasteiger partial charge in [-0.2, -0.15) is 0 Å². The summed E-state index contributed by atoms with van der Waals surface area (Å²) in [5.74, 6) is -0.248. The number of thiazole rings is 1. The molecule has 0 aliphatic carbocycles. The molecule has 0 saturated carbocycles. The molecule has 1 aromatic carbocycles. The molecule has 1 saturated heterocycles. The number of rotatable bonds is 4. The minimum Gasteiger partial charge on any atom is -0.326 e. The molecule has 4 heterocycles. The van der Waals surface area contributed by atoms with Gasteiger partial charge in [0.05, 0.1) is 10.6 Å². The van der Waals surface area contributed by atoms with Gasteiger partial charge in [-0.1, -0.05) is 12.1 Å². The summed E-state index contributed by atoms with van der Waals surface area (Å²) in [5, 5.41) is 10.1. The SMILES string of the molecule is O=C1CCc2cc(-c3csc(NC(=O)[C@H]4CCCN4C(=O)c4cccs4)n3)ccc2N1. The summed E-state index contributed by atoms with van der Waals surface area (Å²) in [4.78, 5) is 44.0. The number of aromatic nitrogens is 1. The van der Waals surface area contributed by atoms with Gasteiger partial charge in [-0.05, 0) is 48.4 Å². The Hall–Kier alpha value is -3.04. The number of anilines is 2. The lowest BCUT2D eigenvalue weighted by Crippen LogP contribution is -2.42. The maximum Gasteiger partial charge on any atom is 0.264 e. The van der Waals surface area contributed by atoms with Gasteiger partial charge in [-0.3, -0.25) is 14.4 Å². The zero-order valence-electron chi connectivity index (χ0n) is 16.6. The van der Waals surface area contributed by atoms with Crippen LogP contribution < -0.4 is 10.6 Å². The van der Waals surface area contributed by atoms with E-state index in [4.69, 9.17) is 0 Å². The van der Waals surface area contributed by atoms with E-state index < -0.39 is 6.04 Å². The van der Waals surface area contributed by atoms with E-state index >= 15 is 0 Å². The van der Waals surface area contributed by atoms with Crippen LogP contribution in [-0.2, 0) is 16.0 Å². The number of hydrogen-bond donors (Lipinski definition) is 2. The molecule has 3 aromatic rings. The Kier molecular flexibility index (Phi) is 5.29. The summed E-state index contributed by atoms with van der Waals surface area (Å²) >= 11 is 2.75. The van der Waals surface area contributed by atoms with Crippen LogP contribution in [0.15, 0.2) is 41.1 Å². The Labute approximate surface area is 187 Å². The molecule has 2 aliphatic heterocycles. The summed E-state index contributed by atoms with van der Waals surface area (Å²) < 4.78 is 0. The van der Waals surface area contributed by atoms with Gasteiger partial charge in [0, 0.05) is 29.6 Å². The summed E-state index contributed by atoms with van der Waals surface area (Å²) in [6.45, 7) is 0.587. The number of fused-ring (bicyclic) bond motifs is 1. The van der Waals surface area contributed by atoms with Crippen LogP contribution in [0.3, 0.4) is 0 Å². The predicted molar refractivity (Wildman–Crippen MR) is 122 cm³/mol.